The van der Waals surface area contributed by atoms with Crippen LogP contribution in [0.2, 0.25) is 0 Å². The first-order valence-electron chi connectivity index (χ1n) is 11.8. The molecule has 0 aromatic heterocycles. The maximum atomic E-state index is 12.4. The number of aliphatic hydroxyl groups is 1. The van der Waals surface area contributed by atoms with Crippen molar-refractivity contribution in [3.8, 4) is 0 Å². The van der Waals surface area contributed by atoms with Crippen molar-refractivity contribution in [3.63, 3.8) is 0 Å². The van der Waals surface area contributed by atoms with E-state index in [0.717, 1.165) is 23.5 Å². The van der Waals surface area contributed by atoms with Crippen LogP contribution in [0.1, 0.15) is 41.6 Å². The number of thioether (sulfide) groups is 1. The number of aliphatic carboxylic acids is 1. The number of carbonyl (C=O) groups excluding carboxylic acids is 2. The fourth-order valence-corrected chi connectivity index (χ4v) is 4.85. The van der Waals surface area contributed by atoms with Crippen molar-refractivity contribution in [1.82, 2.24) is 4.90 Å². The van der Waals surface area contributed by atoms with E-state index in [-0.39, 0.29) is 24.3 Å². The van der Waals surface area contributed by atoms with Crippen LogP contribution in [0.5, 0.6) is 0 Å². The van der Waals surface area contributed by atoms with Crippen LogP contribution in [-0.2, 0) is 16.0 Å². The van der Waals surface area contributed by atoms with Crippen LogP contribution < -0.4 is 5.32 Å². The van der Waals surface area contributed by atoms with E-state index in [1.807, 2.05) is 53.4 Å². The minimum Gasteiger partial charge on any atom is -0.481 e. The molecule has 7 nitrogen and oxygen atoms in total. The minimum atomic E-state index is -0.784. The van der Waals surface area contributed by atoms with E-state index in [2.05, 4.69) is 5.32 Å². The van der Waals surface area contributed by atoms with Crippen molar-refractivity contribution in [2.24, 2.45) is 0 Å². The van der Waals surface area contributed by atoms with Crippen molar-refractivity contribution >= 4 is 35.2 Å². The third-order valence-electron chi connectivity index (χ3n) is 5.75. The molecule has 35 heavy (non-hydrogen) atoms. The van der Waals surface area contributed by atoms with E-state index in [1.165, 1.54) is 0 Å². The van der Waals surface area contributed by atoms with Crippen molar-refractivity contribution in [2.75, 3.05) is 23.4 Å². The van der Waals surface area contributed by atoms with Gasteiger partial charge in [0.15, 0.2) is 0 Å². The fraction of sp³-hybridized carbons (Fsp3) is 0.370. The standard InChI is InChI=1S/C27H32N2O5S/c30-24(13-11-23-12-14-25(31)29(23)15-17-35-16-5-10-26(32)33)19-20-6-4-9-22(18-20)28-27(34)21-7-2-1-3-8-21/h1-4,6-9,11,13,18,23-24,30H,5,10,12,14-17,19H2,(H,28,34)(H,32,33)/b13-11+/t23-,24+/m0/s1. The number of hydrogen-bond donors (Lipinski definition) is 3. The summed E-state index contributed by atoms with van der Waals surface area (Å²) < 4.78 is 0. The highest BCUT2D eigenvalue weighted by Crippen LogP contribution is 2.21. The Balaban J connectivity index is 1.47. The Labute approximate surface area is 210 Å². The van der Waals surface area contributed by atoms with Crippen LogP contribution in [0.15, 0.2) is 66.7 Å². The molecule has 0 bridgehead atoms. The summed E-state index contributed by atoms with van der Waals surface area (Å²) in [6.07, 6.45) is 5.35. The fourth-order valence-electron chi connectivity index (χ4n) is 3.97. The van der Waals surface area contributed by atoms with Gasteiger partial charge in [-0.25, -0.2) is 0 Å². The summed E-state index contributed by atoms with van der Waals surface area (Å²) in [6.45, 7) is 0.616. The molecule has 2 aromatic rings. The molecule has 8 heteroatoms. The zero-order valence-corrected chi connectivity index (χ0v) is 20.5. The van der Waals surface area contributed by atoms with Gasteiger partial charge in [0, 0.05) is 42.8 Å². The van der Waals surface area contributed by atoms with E-state index in [4.69, 9.17) is 5.11 Å². The first kappa shape index (κ1) is 26.5. The highest BCUT2D eigenvalue weighted by atomic mass is 32.2. The zero-order valence-electron chi connectivity index (χ0n) is 19.6. The molecule has 186 valence electrons. The topological polar surface area (TPSA) is 107 Å². The molecule has 1 saturated heterocycles. The predicted octanol–water partition coefficient (Wildman–Crippen LogP) is 3.99. The molecule has 3 N–H and O–H groups in total. The molecule has 3 rings (SSSR count). The first-order chi connectivity index (χ1) is 16.9. The molecule has 1 heterocycles. The Morgan fingerprint density at radius 3 is 2.71 bits per heavy atom. The Hall–Kier alpha value is -3.10. The van der Waals surface area contributed by atoms with Gasteiger partial charge in [-0.05, 0) is 48.4 Å². The van der Waals surface area contributed by atoms with Crippen LogP contribution >= 0.6 is 11.8 Å². The molecule has 0 spiro atoms. The van der Waals surface area contributed by atoms with E-state index < -0.39 is 12.1 Å². The van der Waals surface area contributed by atoms with Crippen LogP contribution in [0.25, 0.3) is 0 Å². The summed E-state index contributed by atoms with van der Waals surface area (Å²) in [7, 11) is 0. The monoisotopic (exact) mass is 496 g/mol. The van der Waals surface area contributed by atoms with Gasteiger partial charge in [0.2, 0.25) is 5.91 Å². The van der Waals surface area contributed by atoms with Gasteiger partial charge in [0.25, 0.3) is 5.91 Å². The van der Waals surface area contributed by atoms with Crippen molar-refractivity contribution in [2.45, 2.75) is 44.2 Å². The molecule has 0 aliphatic carbocycles. The Morgan fingerprint density at radius 1 is 1.14 bits per heavy atom. The maximum Gasteiger partial charge on any atom is 0.303 e. The molecular formula is C27H32N2O5S. The van der Waals surface area contributed by atoms with E-state index in [0.29, 0.717) is 37.1 Å². The maximum absolute atomic E-state index is 12.4. The third kappa shape index (κ3) is 8.88. The van der Waals surface area contributed by atoms with E-state index in [9.17, 15) is 19.5 Å². The normalized spacial score (nSPS) is 16.5. The molecule has 2 aromatic carbocycles. The van der Waals surface area contributed by atoms with Gasteiger partial charge < -0.3 is 20.4 Å². The van der Waals surface area contributed by atoms with Gasteiger partial charge in [-0.1, -0.05) is 42.5 Å². The van der Waals surface area contributed by atoms with Gasteiger partial charge in [-0.2, -0.15) is 11.8 Å². The van der Waals surface area contributed by atoms with Crippen LogP contribution in [-0.4, -0.2) is 63.1 Å². The molecule has 1 aliphatic rings. The average molecular weight is 497 g/mol. The number of benzene rings is 2. The number of nitrogens with zero attached hydrogens (tertiary/aromatic N) is 1. The largest absolute Gasteiger partial charge is 0.481 e. The van der Waals surface area contributed by atoms with E-state index >= 15 is 0 Å². The van der Waals surface area contributed by atoms with Crippen molar-refractivity contribution in [3.05, 3.63) is 77.9 Å². The number of likely N-dealkylation sites (tertiary alicyclic amines) is 1. The molecule has 1 fully saturated rings. The Kier molecular flexibility index (Phi) is 10.4. The molecule has 0 saturated carbocycles. The SMILES string of the molecule is O=C(O)CCCSCCN1C(=O)CC[C@@H]1/C=C/[C@@H](O)Cc1cccc(NC(=O)c2ccccc2)c1. The Bertz CT molecular complexity index is 1030. The number of carbonyl (C=O) groups is 3. The lowest BCUT2D eigenvalue weighted by Gasteiger charge is -2.22. The number of rotatable bonds is 13. The summed E-state index contributed by atoms with van der Waals surface area (Å²) in [5, 5.41) is 22.1. The van der Waals surface area contributed by atoms with Gasteiger partial charge in [-0.3, -0.25) is 14.4 Å². The van der Waals surface area contributed by atoms with Gasteiger partial charge in [0.1, 0.15) is 0 Å². The quantitative estimate of drug-likeness (QED) is 0.286. The summed E-state index contributed by atoms with van der Waals surface area (Å²) >= 11 is 1.66. The van der Waals surface area contributed by atoms with Crippen LogP contribution in [0.4, 0.5) is 5.69 Å². The predicted molar refractivity (Wildman–Crippen MR) is 139 cm³/mol. The number of hydrogen-bond acceptors (Lipinski definition) is 5. The number of anilines is 1. The summed E-state index contributed by atoms with van der Waals surface area (Å²) in [4.78, 5) is 37.1. The van der Waals surface area contributed by atoms with Crippen LogP contribution in [0, 0.1) is 0 Å². The molecule has 0 unspecified atom stereocenters. The molecule has 2 amide bonds. The average Bonchev–Trinajstić information content (AvgIpc) is 3.19. The summed E-state index contributed by atoms with van der Waals surface area (Å²) in [5.74, 6) is 0.669. The number of aliphatic hydroxyl groups excluding tert-OH is 1. The van der Waals surface area contributed by atoms with Crippen LogP contribution in [0.3, 0.4) is 0 Å². The second kappa shape index (κ2) is 13.7. The zero-order chi connectivity index (χ0) is 25.0. The number of nitrogens with one attached hydrogen (secondary N) is 1. The molecule has 0 radical (unpaired) electrons. The van der Waals surface area contributed by atoms with Crippen molar-refractivity contribution < 1.29 is 24.6 Å². The molecular weight excluding hydrogens is 464 g/mol. The Morgan fingerprint density at radius 2 is 1.94 bits per heavy atom. The second-order valence-corrected chi connectivity index (χ2v) is 9.70. The third-order valence-corrected chi connectivity index (χ3v) is 6.80. The minimum absolute atomic E-state index is 0.0340. The van der Waals surface area contributed by atoms with Gasteiger partial charge >= 0.3 is 5.97 Å². The smallest absolute Gasteiger partial charge is 0.303 e. The summed E-state index contributed by atoms with van der Waals surface area (Å²) in [6, 6.07) is 16.4. The number of carboxylic acid groups (broad SMARTS) is 1. The second-order valence-electron chi connectivity index (χ2n) is 8.48. The van der Waals surface area contributed by atoms with E-state index in [1.54, 1.807) is 30.0 Å². The highest BCUT2D eigenvalue weighted by Gasteiger charge is 2.28. The first-order valence-corrected chi connectivity index (χ1v) is 13.0. The number of amides is 2. The lowest BCUT2D eigenvalue weighted by Crippen LogP contribution is -2.34. The lowest BCUT2D eigenvalue weighted by atomic mass is 10.1. The lowest BCUT2D eigenvalue weighted by molar-refractivity contribution is -0.137. The number of carboxylic acids is 1. The molecule has 1 aliphatic heterocycles. The van der Waals surface area contributed by atoms with Gasteiger partial charge in [0.05, 0.1) is 12.1 Å². The summed E-state index contributed by atoms with van der Waals surface area (Å²) in [5.41, 5.74) is 2.14. The highest BCUT2D eigenvalue weighted by molar-refractivity contribution is 7.99. The van der Waals surface area contributed by atoms with Gasteiger partial charge in [-0.15, -0.1) is 0 Å². The van der Waals surface area contributed by atoms with Crippen molar-refractivity contribution in [1.29, 1.82) is 0 Å². The molecule has 2 atom stereocenters.